The number of aryl methyl sites for hydroxylation is 1. The molecule has 0 aliphatic rings. The van der Waals surface area contributed by atoms with Gasteiger partial charge in [-0.1, -0.05) is 29.3 Å². The Bertz CT molecular complexity index is 1260. The Labute approximate surface area is 205 Å². The number of fused-ring (bicyclic) bond motifs is 1. The van der Waals surface area contributed by atoms with Gasteiger partial charge in [-0.25, -0.2) is 9.78 Å². The predicted molar refractivity (Wildman–Crippen MR) is 133 cm³/mol. The lowest BCUT2D eigenvalue weighted by Gasteiger charge is -2.17. The molecule has 0 spiro atoms. The van der Waals surface area contributed by atoms with E-state index in [2.05, 4.69) is 32.9 Å². The first-order valence-electron chi connectivity index (χ1n) is 10.7. The van der Waals surface area contributed by atoms with E-state index >= 15 is 0 Å². The van der Waals surface area contributed by atoms with Crippen molar-refractivity contribution in [2.24, 2.45) is 5.10 Å². The molecule has 0 amide bonds. The molecule has 0 saturated heterocycles. The Morgan fingerprint density at radius 1 is 1.24 bits per heavy atom. The maximum Gasteiger partial charge on any atom is 0.344 e. The van der Waals surface area contributed by atoms with Gasteiger partial charge in [0, 0.05) is 16.5 Å². The Morgan fingerprint density at radius 3 is 2.50 bits per heavy atom. The van der Waals surface area contributed by atoms with Gasteiger partial charge in [-0.2, -0.15) is 9.78 Å². The Kier molecular flexibility index (Phi) is 8.27. The number of benzene rings is 2. The van der Waals surface area contributed by atoms with Crippen molar-refractivity contribution in [1.29, 1.82) is 0 Å². The molecule has 3 aromatic rings. The van der Waals surface area contributed by atoms with Crippen LogP contribution in [-0.4, -0.2) is 47.3 Å². The first-order valence-corrected chi connectivity index (χ1v) is 11.5. The summed E-state index contributed by atoms with van der Waals surface area (Å²) >= 11 is 3.40. The number of unbranched alkanes of at least 4 members (excludes halogenated alkanes) is 1. The SMILES string of the molecule is CCCCc1nc2ccc(Br)cc2c(=O)n1N=Cc1cc(OC)c(O[C@H](C)C(=O)O)c(OC)c1. The second-order valence-electron chi connectivity index (χ2n) is 7.51. The molecule has 0 aliphatic heterocycles. The molecule has 1 heterocycles. The van der Waals surface area contributed by atoms with Crippen LogP contribution in [0.3, 0.4) is 0 Å². The van der Waals surface area contributed by atoms with Gasteiger partial charge in [0.2, 0.25) is 5.75 Å². The summed E-state index contributed by atoms with van der Waals surface area (Å²) in [5.74, 6) is 0.146. The van der Waals surface area contributed by atoms with Crippen molar-refractivity contribution in [2.75, 3.05) is 14.2 Å². The van der Waals surface area contributed by atoms with Crippen molar-refractivity contribution in [3.63, 3.8) is 0 Å². The van der Waals surface area contributed by atoms with Crippen LogP contribution in [0, 0.1) is 0 Å². The van der Waals surface area contributed by atoms with Crippen molar-refractivity contribution in [2.45, 2.75) is 39.2 Å². The molecule has 9 nitrogen and oxygen atoms in total. The number of aliphatic carboxylic acids is 1. The number of carboxylic acid groups (broad SMARTS) is 1. The molecule has 0 unspecified atom stereocenters. The molecule has 0 aliphatic carbocycles. The highest BCUT2D eigenvalue weighted by Gasteiger charge is 2.20. The minimum absolute atomic E-state index is 0.162. The Hall–Kier alpha value is -3.40. The van der Waals surface area contributed by atoms with E-state index in [4.69, 9.17) is 14.2 Å². The number of aromatic nitrogens is 2. The van der Waals surface area contributed by atoms with Gasteiger partial charge in [-0.15, -0.1) is 0 Å². The fourth-order valence-corrected chi connectivity index (χ4v) is 3.61. The topological polar surface area (TPSA) is 112 Å². The average molecular weight is 532 g/mol. The number of halogens is 1. The van der Waals surface area contributed by atoms with Crippen LogP contribution in [0.5, 0.6) is 17.2 Å². The van der Waals surface area contributed by atoms with Gasteiger partial charge < -0.3 is 19.3 Å². The number of nitrogens with zero attached hydrogens (tertiary/aromatic N) is 3. The fraction of sp³-hybridized carbons (Fsp3) is 0.333. The summed E-state index contributed by atoms with van der Waals surface area (Å²) in [7, 11) is 2.87. The molecule has 2 aromatic carbocycles. The molecular formula is C24H26BrN3O6. The number of carbonyl (C=O) groups is 1. The summed E-state index contributed by atoms with van der Waals surface area (Å²) in [5.41, 5.74) is 0.901. The van der Waals surface area contributed by atoms with Crippen LogP contribution in [0.2, 0.25) is 0 Å². The monoisotopic (exact) mass is 531 g/mol. The van der Waals surface area contributed by atoms with Crippen molar-refractivity contribution in [3.05, 3.63) is 56.5 Å². The van der Waals surface area contributed by atoms with E-state index in [9.17, 15) is 14.7 Å². The Balaban J connectivity index is 2.09. The van der Waals surface area contributed by atoms with Gasteiger partial charge in [0.25, 0.3) is 5.56 Å². The van der Waals surface area contributed by atoms with Crippen LogP contribution in [-0.2, 0) is 11.2 Å². The summed E-state index contributed by atoms with van der Waals surface area (Å²) in [4.78, 5) is 29.1. The van der Waals surface area contributed by atoms with E-state index in [1.54, 1.807) is 24.3 Å². The number of carboxylic acids is 1. The largest absolute Gasteiger partial charge is 0.493 e. The van der Waals surface area contributed by atoms with Crippen LogP contribution in [0.4, 0.5) is 0 Å². The maximum absolute atomic E-state index is 13.2. The molecule has 0 radical (unpaired) electrons. The Morgan fingerprint density at radius 2 is 1.91 bits per heavy atom. The number of methoxy groups -OCH3 is 2. The molecule has 3 rings (SSSR count). The van der Waals surface area contributed by atoms with Gasteiger partial charge in [-0.3, -0.25) is 4.79 Å². The first kappa shape index (κ1) is 25.2. The minimum Gasteiger partial charge on any atom is -0.493 e. The molecule has 0 fully saturated rings. The highest BCUT2D eigenvalue weighted by atomic mass is 79.9. The van der Waals surface area contributed by atoms with Crippen LogP contribution in [0.25, 0.3) is 10.9 Å². The smallest absolute Gasteiger partial charge is 0.344 e. The van der Waals surface area contributed by atoms with Gasteiger partial charge in [0.05, 0.1) is 31.3 Å². The van der Waals surface area contributed by atoms with Gasteiger partial charge in [0.15, 0.2) is 17.6 Å². The van der Waals surface area contributed by atoms with E-state index < -0.39 is 12.1 Å². The molecule has 1 atom stereocenters. The quantitative estimate of drug-likeness (QED) is 0.389. The van der Waals surface area contributed by atoms with E-state index in [1.165, 1.54) is 32.0 Å². The molecule has 34 heavy (non-hydrogen) atoms. The lowest BCUT2D eigenvalue weighted by molar-refractivity contribution is -0.144. The fourth-order valence-electron chi connectivity index (χ4n) is 3.25. The third kappa shape index (κ3) is 5.56. The summed E-state index contributed by atoms with van der Waals surface area (Å²) in [5, 5.41) is 14.1. The predicted octanol–water partition coefficient (Wildman–Crippen LogP) is 4.25. The summed E-state index contributed by atoms with van der Waals surface area (Å²) in [6.45, 7) is 3.48. The van der Waals surface area contributed by atoms with E-state index in [1.807, 2.05) is 6.07 Å². The molecule has 10 heteroatoms. The lowest BCUT2D eigenvalue weighted by Crippen LogP contribution is -2.23. The normalized spacial score (nSPS) is 12.1. The zero-order valence-electron chi connectivity index (χ0n) is 19.4. The lowest BCUT2D eigenvalue weighted by atomic mass is 10.2. The summed E-state index contributed by atoms with van der Waals surface area (Å²) < 4.78 is 18.4. The minimum atomic E-state index is -1.12. The highest BCUT2D eigenvalue weighted by Crippen LogP contribution is 2.39. The molecule has 180 valence electrons. The summed E-state index contributed by atoms with van der Waals surface area (Å²) in [6.07, 6.45) is 2.80. The van der Waals surface area contributed by atoms with Gasteiger partial charge >= 0.3 is 5.97 Å². The number of ether oxygens (including phenoxy) is 3. The molecule has 1 N–H and O–H groups in total. The standard InChI is InChI=1S/C24H26BrN3O6/c1-5-6-7-21-27-18-9-8-16(25)12-17(18)23(29)28(21)26-13-15-10-19(32-3)22(20(11-15)33-4)34-14(2)24(30)31/h8-14H,5-7H2,1-4H3,(H,30,31)/t14-/m1/s1. The second-order valence-corrected chi connectivity index (χ2v) is 8.42. The molecule has 1 aromatic heterocycles. The van der Waals surface area contributed by atoms with Crippen LogP contribution in [0.1, 0.15) is 38.1 Å². The molecule has 0 saturated carbocycles. The summed E-state index contributed by atoms with van der Waals surface area (Å²) in [6, 6.07) is 8.62. The third-order valence-corrected chi connectivity index (χ3v) is 5.57. The average Bonchev–Trinajstić information content (AvgIpc) is 2.82. The van der Waals surface area contributed by atoms with Crippen LogP contribution < -0.4 is 19.8 Å². The molecule has 0 bridgehead atoms. The zero-order valence-corrected chi connectivity index (χ0v) is 21.0. The van der Waals surface area contributed by atoms with Gasteiger partial charge in [-0.05, 0) is 43.7 Å². The van der Waals surface area contributed by atoms with Crippen LogP contribution in [0.15, 0.2) is 44.7 Å². The first-order chi connectivity index (χ1) is 16.3. The van der Waals surface area contributed by atoms with E-state index in [0.29, 0.717) is 28.7 Å². The second kappa shape index (κ2) is 11.1. The highest BCUT2D eigenvalue weighted by molar-refractivity contribution is 9.10. The number of rotatable bonds is 10. The van der Waals surface area contributed by atoms with Crippen molar-refractivity contribution < 1.29 is 24.1 Å². The zero-order chi connectivity index (χ0) is 24.8. The van der Waals surface area contributed by atoms with E-state index in [0.717, 1.165) is 17.3 Å². The third-order valence-electron chi connectivity index (χ3n) is 5.08. The van der Waals surface area contributed by atoms with Crippen LogP contribution >= 0.6 is 15.9 Å². The van der Waals surface area contributed by atoms with E-state index in [-0.39, 0.29) is 22.8 Å². The van der Waals surface area contributed by atoms with Gasteiger partial charge in [0.1, 0.15) is 5.82 Å². The van der Waals surface area contributed by atoms with Crippen molar-refractivity contribution in [1.82, 2.24) is 9.66 Å². The molecular weight excluding hydrogens is 506 g/mol. The maximum atomic E-state index is 13.2. The number of hydrogen-bond acceptors (Lipinski definition) is 7. The van der Waals surface area contributed by atoms with Crippen molar-refractivity contribution in [3.8, 4) is 17.2 Å². The number of hydrogen-bond donors (Lipinski definition) is 1. The van der Waals surface area contributed by atoms with Crippen molar-refractivity contribution >= 4 is 39.0 Å².